The van der Waals surface area contributed by atoms with E-state index < -0.39 is 5.54 Å². The van der Waals surface area contributed by atoms with Gasteiger partial charge in [-0.1, -0.05) is 25.5 Å². The van der Waals surface area contributed by atoms with E-state index in [0.29, 0.717) is 11.6 Å². The highest BCUT2D eigenvalue weighted by Gasteiger charge is 2.35. The maximum Gasteiger partial charge on any atom is 0.146 e. The summed E-state index contributed by atoms with van der Waals surface area (Å²) in [7, 11) is 0. The maximum absolute atomic E-state index is 13.6. The van der Waals surface area contributed by atoms with Gasteiger partial charge in [-0.05, 0) is 37.3 Å². The number of nitrogens with zero attached hydrogens (tertiary/aromatic N) is 1. The van der Waals surface area contributed by atoms with Crippen molar-refractivity contribution in [3.05, 3.63) is 30.1 Å². The standard InChI is InChI=1S/C14H17FN2/c1-11-5-4-8-14(9-11,10-16)17-13-7-3-2-6-12(13)15/h2-3,6-7,11,17H,4-5,8-9H2,1H3. The second-order valence-corrected chi connectivity index (χ2v) is 5.00. The van der Waals surface area contributed by atoms with Gasteiger partial charge in [-0.25, -0.2) is 4.39 Å². The zero-order valence-electron chi connectivity index (χ0n) is 10.0. The Morgan fingerprint density at radius 1 is 1.47 bits per heavy atom. The number of para-hydroxylation sites is 1. The first-order valence-corrected chi connectivity index (χ1v) is 6.09. The predicted molar refractivity (Wildman–Crippen MR) is 66.0 cm³/mol. The summed E-state index contributed by atoms with van der Waals surface area (Å²) in [5.74, 6) is 0.225. The van der Waals surface area contributed by atoms with Gasteiger partial charge in [-0.15, -0.1) is 0 Å². The van der Waals surface area contributed by atoms with Crippen LogP contribution in [-0.4, -0.2) is 5.54 Å². The molecule has 2 unspecified atom stereocenters. The number of benzene rings is 1. The molecule has 1 saturated carbocycles. The largest absolute Gasteiger partial charge is 0.365 e. The minimum atomic E-state index is -0.597. The fourth-order valence-corrected chi connectivity index (χ4v) is 2.61. The van der Waals surface area contributed by atoms with Crippen LogP contribution in [0.5, 0.6) is 0 Å². The molecule has 17 heavy (non-hydrogen) atoms. The molecule has 2 rings (SSSR count). The quantitative estimate of drug-likeness (QED) is 0.843. The summed E-state index contributed by atoms with van der Waals surface area (Å²) >= 11 is 0. The smallest absolute Gasteiger partial charge is 0.146 e. The molecule has 90 valence electrons. The van der Waals surface area contributed by atoms with Crippen LogP contribution in [0.25, 0.3) is 0 Å². The summed E-state index contributed by atoms with van der Waals surface area (Å²) in [6, 6.07) is 8.89. The topological polar surface area (TPSA) is 35.8 Å². The summed E-state index contributed by atoms with van der Waals surface area (Å²) in [6.45, 7) is 2.15. The number of nitriles is 1. The molecule has 1 aliphatic rings. The Hall–Kier alpha value is -1.56. The van der Waals surface area contributed by atoms with E-state index in [-0.39, 0.29) is 5.82 Å². The molecule has 1 aliphatic carbocycles. The molecule has 1 aromatic carbocycles. The SMILES string of the molecule is CC1CCCC(C#N)(Nc2ccccc2F)C1. The molecular weight excluding hydrogens is 215 g/mol. The van der Waals surface area contributed by atoms with Crippen LogP contribution in [0.15, 0.2) is 24.3 Å². The third kappa shape index (κ3) is 2.58. The van der Waals surface area contributed by atoms with Gasteiger partial charge in [0.25, 0.3) is 0 Å². The second-order valence-electron chi connectivity index (χ2n) is 5.00. The Morgan fingerprint density at radius 3 is 2.88 bits per heavy atom. The number of halogens is 1. The summed E-state index contributed by atoms with van der Waals surface area (Å²) in [5.41, 5.74) is -0.164. The number of hydrogen-bond acceptors (Lipinski definition) is 2. The minimum Gasteiger partial charge on any atom is -0.365 e. The molecule has 0 saturated heterocycles. The summed E-state index contributed by atoms with van der Waals surface area (Å²) < 4.78 is 13.6. The number of anilines is 1. The first kappa shape index (κ1) is 11.9. The van der Waals surface area contributed by atoms with E-state index in [1.165, 1.54) is 6.07 Å². The molecule has 0 spiro atoms. The van der Waals surface area contributed by atoms with Crippen molar-refractivity contribution in [3.63, 3.8) is 0 Å². The Morgan fingerprint density at radius 2 is 2.24 bits per heavy atom. The molecular formula is C14H17FN2. The van der Waals surface area contributed by atoms with Gasteiger partial charge in [-0.2, -0.15) is 5.26 Å². The molecule has 0 aromatic heterocycles. The molecule has 3 heteroatoms. The van der Waals surface area contributed by atoms with Crippen molar-refractivity contribution in [1.29, 1.82) is 5.26 Å². The molecule has 1 fully saturated rings. The number of hydrogen-bond donors (Lipinski definition) is 1. The highest BCUT2D eigenvalue weighted by molar-refractivity contribution is 5.49. The summed E-state index contributed by atoms with van der Waals surface area (Å²) in [4.78, 5) is 0. The van der Waals surface area contributed by atoms with Crippen LogP contribution in [0.1, 0.15) is 32.6 Å². The Kier molecular flexibility index (Phi) is 3.33. The highest BCUT2D eigenvalue weighted by atomic mass is 19.1. The Bertz CT molecular complexity index is 438. The van der Waals surface area contributed by atoms with Crippen LogP contribution in [0.3, 0.4) is 0 Å². The second kappa shape index (κ2) is 4.75. The van der Waals surface area contributed by atoms with Crippen LogP contribution in [0.4, 0.5) is 10.1 Å². The summed E-state index contributed by atoms with van der Waals surface area (Å²) in [5, 5.41) is 12.5. The van der Waals surface area contributed by atoms with Crippen molar-refractivity contribution in [3.8, 4) is 6.07 Å². The molecule has 1 aromatic rings. The van der Waals surface area contributed by atoms with E-state index in [1.54, 1.807) is 18.2 Å². The molecule has 2 atom stereocenters. The lowest BCUT2D eigenvalue weighted by Gasteiger charge is -2.35. The average Bonchev–Trinajstić information content (AvgIpc) is 2.32. The molecule has 0 radical (unpaired) electrons. The van der Waals surface area contributed by atoms with Crippen molar-refractivity contribution in [2.24, 2.45) is 5.92 Å². The van der Waals surface area contributed by atoms with E-state index in [2.05, 4.69) is 18.3 Å². The fourth-order valence-electron chi connectivity index (χ4n) is 2.61. The normalized spacial score (nSPS) is 28.4. The molecule has 0 amide bonds. The average molecular weight is 232 g/mol. The van der Waals surface area contributed by atoms with Crippen LogP contribution in [0.2, 0.25) is 0 Å². The lowest BCUT2D eigenvalue weighted by molar-refractivity contribution is 0.307. The fraction of sp³-hybridized carbons (Fsp3) is 0.500. The van der Waals surface area contributed by atoms with E-state index >= 15 is 0 Å². The minimum absolute atomic E-state index is 0.291. The molecule has 0 heterocycles. The van der Waals surface area contributed by atoms with Crippen molar-refractivity contribution in [2.75, 3.05) is 5.32 Å². The van der Waals surface area contributed by atoms with Gasteiger partial charge in [0.1, 0.15) is 11.4 Å². The molecule has 0 bridgehead atoms. The van der Waals surface area contributed by atoms with Crippen LogP contribution in [-0.2, 0) is 0 Å². The van der Waals surface area contributed by atoms with E-state index in [4.69, 9.17) is 0 Å². The molecule has 0 aliphatic heterocycles. The van der Waals surface area contributed by atoms with Crippen molar-refractivity contribution >= 4 is 5.69 Å². The van der Waals surface area contributed by atoms with Gasteiger partial charge in [0, 0.05) is 0 Å². The highest BCUT2D eigenvalue weighted by Crippen LogP contribution is 2.35. The molecule has 2 nitrogen and oxygen atoms in total. The first-order chi connectivity index (χ1) is 8.15. The number of nitrogens with one attached hydrogen (secondary N) is 1. The van der Waals surface area contributed by atoms with Crippen LogP contribution in [0, 0.1) is 23.1 Å². The lowest BCUT2D eigenvalue weighted by atomic mass is 9.77. The van der Waals surface area contributed by atoms with Crippen molar-refractivity contribution in [1.82, 2.24) is 0 Å². The van der Waals surface area contributed by atoms with Gasteiger partial charge >= 0.3 is 0 Å². The summed E-state index contributed by atoms with van der Waals surface area (Å²) in [6.07, 6.45) is 3.76. The van der Waals surface area contributed by atoms with E-state index in [1.807, 2.05) is 0 Å². The van der Waals surface area contributed by atoms with Gasteiger partial charge < -0.3 is 5.32 Å². The van der Waals surface area contributed by atoms with E-state index in [0.717, 1.165) is 25.7 Å². The van der Waals surface area contributed by atoms with Crippen LogP contribution >= 0.6 is 0 Å². The third-order valence-electron chi connectivity index (χ3n) is 3.46. The van der Waals surface area contributed by atoms with Gasteiger partial charge in [0.15, 0.2) is 0 Å². The predicted octanol–water partition coefficient (Wildman–Crippen LogP) is 3.71. The monoisotopic (exact) mass is 232 g/mol. The molecule has 1 N–H and O–H groups in total. The Labute approximate surface area is 101 Å². The van der Waals surface area contributed by atoms with Crippen molar-refractivity contribution in [2.45, 2.75) is 38.1 Å². The zero-order valence-corrected chi connectivity index (χ0v) is 10.0. The van der Waals surface area contributed by atoms with Gasteiger partial charge in [-0.3, -0.25) is 0 Å². The third-order valence-corrected chi connectivity index (χ3v) is 3.46. The van der Waals surface area contributed by atoms with E-state index in [9.17, 15) is 9.65 Å². The lowest BCUT2D eigenvalue weighted by Crippen LogP contribution is -2.41. The zero-order chi connectivity index (χ0) is 12.3. The van der Waals surface area contributed by atoms with Gasteiger partial charge in [0.2, 0.25) is 0 Å². The maximum atomic E-state index is 13.6. The van der Waals surface area contributed by atoms with Crippen LogP contribution < -0.4 is 5.32 Å². The van der Waals surface area contributed by atoms with Gasteiger partial charge in [0.05, 0.1) is 11.8 Å². The van der Waals surface area contributed by atoms with Crippen molar-refractivity contribution < 1.29 is 4.39 Å². The first-order valence-electron chi connectivity index (χ1n) is 6.09. The Balaban J connectivity index is 2.20. The number of rotatable bonds is 2.